The topological polar surface area (TPSA) is 96.6 Å². The molecule has 1 fully saturated rings. The maximum Gasteiger partial charge on any atom is 0.410 e. The van der Waals surface area contributed by atoms with E-state index in [1.54, 1.807) is 23.1 Å². The third-order valence-electron chi connectivity index (χ3n) is 4.06. The van der Waals surface area contributed by atoms with E-state index in [-0.39, 0.29) is 11.9 Å². The molecular weight excluding hydrogens is 363 g/mol. The van der Waals surface area contributed by atoms with Crippen LogP contribution >= 0.6 is 0 Å². The summed E-state index contributed by atoms with van der Waals surface area (Å²) in [5.74, 6) is 1.01. The second-order valence-corrected chi connectivity index (χ2v) is 7.56. The highest BCUT2D eigenvalue weighted by Crippen LogP contribution is 2.21. The first kappa shape index (κ1) is 19.7. The van der Waals surface area contributed by atoms with Crippen molar-refractivity contribution in [2.24, 2.45) is 0 Å². The lowest BCUT2D eigenvalue weighted by Crippen LogP contribution is -2.50. The molecule has 150 valence electrons. The van der Waals surface area contributed by atoms with Gasteiger partial charge in [0.25, 0.3) is 0 Å². The average molecular weight is 388 g/mol. The predicted octanol–water partition coefficient (Wildman–Crippen LogP) is 3.00. The molecule has 2 heterocycles. The number of nitrogens with two attached hydrogens (primary N) is 1. The van der Waals surface area contributed by atoms with E-state index in [2.05, 4.69) is 15.3 Å². The van der Waals surface area contributed by atoms with Gasteiger partial charge in [-0.2, -0.15) is 9.97 Å². The molecule has 9 heteroatoms. The lowest BCUT2D eigenvalue weighted by atomic mass is 10.2. The van der Waals surface area contributed by atoms with E-state index < -0.39 is 5.60 Å². The number of halogens is 1. The van der Waals surface area contributed by atoms with Crippen molar-refractivity contribution >= 4 is 29.4 Å². The van der Waals surface area contributed by atoms with Gasteiger partial charge in [-0.3, -0.25) is 0 Å². The number of nitrogen functional groups attached to an aromatic ring is 1. The number of rotatable bonds is 3. The number of benzene rings is 1. The van der Waals surface area contributed by atoms with Crippen LogP contribution in [0.4, 0.5) is 32.5 Å². The number of carbonyl (C=O) groups excluding carboxylic acids is 1. The maximum atomic E-state index is 13.1. The first-order valence-corrected chi connectivity index (χ1v) is 9.10. The quantitative estimate of drug-likeness (QED) is 0.834. The van der Waals surface area contributed by atoms with Crippen molar-refractivity contribution in [3.05, 3.63) is 36.1 Å². The van der Waals surface area contributed by atoms with Gasteiger partial charge in [-0.1, -0.05) is 0 Å². The van der Waals surface area contributed by atoms with Gasteiger partial charge in [0.05, 0.1) is 0 Å². The Balaban J connectivity index is 1.65. The van der Waals surface area contributed by atoms with Crippen molar-refractivity contribution in [3.8, 4) is 0 Å². The molecule has 0 radical (unpaired) electrons. The van der Waals surface area contributed by atoms with E-state index in [0.717, 1.165) is 0 Å². The number of ether oxygens (including phenoxy) is 1. The predicted molar refractivity (Wildman–Crippen MR) is 106 cm³/mol. The van der Waals surface area contributed by atoms with Crippen LogP contribution in [0.1, 0.15) is 20.8 Å². The highest BCUT2D eigenvalue weighted by Gasteiger charge is 2.27. The van der Waals surface area contributed by atoms with Crippen molar-refractivity contribution in [3.63, 3.8) is 0 Å². The SMILES string of the molecule is CC(C)(C)OC(=O)N1CCN(c2nc(N)cc(Nc3ccc(F)cc3)n2)CC1. The molecule has 3 rings (SSSR count). The van der Waals surface area contributed by atoms with Crippen LogP contribution in [0.25, 0.3) is 0 Å². The van der Waals surface area contributed by atoms with Crippen LogP contribution in [0.2, 0.25) is 0 Å². The molecule has 0 atom stereocenters. The summed E-state index contributed by atoms with van der Waals surface area (Å²) in [7, 11) is 0. The highest BCUT2D eigenvalue weighted by molar-refractivity contribution is 5.68. The van der Waals surface area contributed by atoms with Crippen molar-refractivity contribution in [1.29, 1.82) is 0 Å². The molecule has 1 aromatic heterocycles. The highest BCUT2D eigenvalue weighted by atomic mass is 19.1. The molecule has 1 aliphatic rings. The summed E-state index contributed by atoms with van der Waals surface area (Å²) in [6.07, 6.45) is -0.320. The molecule has 0 saturated carbocycles. The van der Waals surface area contributed by atoms with Gasteiger partial charge in [-0.15, -0.1) is 0 Å². The summed E-state index contributed by atoms with van der Waals surface area (Å²) in [4.78, 5) is 24.6. The van der Waals surface area contributed by atoms with Crippen LogP contribution in [0.5, 0.6) is 0 Å². The molecule has 0 bridgehead atoms. The summed E-state index contributed by atoms with van der Waals surface area (Å²) < 4.78 is 18.5. The second-order valence-electron chi connectivity index (χ2n) is 7.56. The fourth-order valence-electron chi connectivity index (χ4n) is 2.75. The fraction of sp³-hybridized carbons (Fsp3) is 0.421. The Hall–Kier alpha value is -3.10. The Labute approximate surface area is 163 Å². The first-order chi connectivity index (χ1) is 13.2. The number of aromatic nitrogens is 2. The summed E-state index contributed by atoms with van der Waals surface area (Å²) >= 11 is 0. The normalized spacial score (nSPS) is 14.7. The molecule has 1 amide bonds. The number of hydrogen-bond acceptors (Lipinski definition) is 7. The smallest absolute Gasteiger partial charge is 0.410 e. The van der Waals surface area contributed by atoms with Crippen LogP contribution in [0.3, 0.4) is 0 Å². The van der Waals surface area contributed by atoms with Gasteiger partial charge in [-0.05, 0) is 45.0 Å². The maximum absolute atomic E-state index is 13.1. The van der Waals surface area contributed by atoms with Gasteiger partial charge in [0.2, 0.25) is 5.95 Å². The fourth-order valence-corrected chi connectivity index (χ4v) is 2.75. The third-order valence-corrected chi connectivity index (χ3v) is 4.06. The minimum absolute atomic E-state index is 0.309. The Bertz CT molecular complexity index is 829. The van der Waals surface area contributed by atoms with Crippen LogP contribution in [0, 0.1) is 5.82 Å². The number of nitrogens with zero attached hydrogens (tertiary/aromatic N) is 4. The van der Waals surface area contributed by atoms with Crippen LogP contribution in [0.15, 0.2) is 30.3 Å². The van der Waals surface area contributed by atoms with Gasteiger partial charge in [0, 0.05) is 37.9 Å². The standard InChI is InChI=1S/C19H25FN6O2/c1-19(2,3)28-18(27)26-10-8-25(9-11-26)17-23-15(21)12-16(24-17)22-14-6-4-13(20)5-7-14/h4-7,12H,8-11H2,1-3H3,(H3,21,22,23,24). The Morgan fingerprint density at radius 1 is 1.14 bits per heavy atom. The Kier molecular flexibility index (Phi) is 5.53. The zero-order valence-corrected chi connectivity index (χ0v) is 16.3. The van der Waals surface area contributed by atoms with Gasteiger partial charge < -0.3 is 25.6 Å². The average Bonchev–Trinajstić information content (AvgIpc) is 2.62. The summed E-state index contributed by atoms with van der Waals surface area (Å²) in [5, 5.41) is 3.10. The summed E-state index contributed by atoms with van der Waals surface area (Å²) in [6.45, 7) is 7.69. The number of hydrogen-bond donors (Lipinski definition) is 2. The lowest BCUT2D eigenvalue weighted by molar-refractivity contribution is 0.0240. The molecule has 8 nitrogen and oxygen atoms in total. The number of anilines is 4. The number of piperazine rings is 1. The molecule has 0 aliphatic carbocycles. The van der Waals surface area contributed by atoms with Crippen LogP contribution in [-0.4, -0.2) is 52.7 Å². The van der Waals surface area contributed by atoms with E-state index in [1.807, 2.05) is 25.7 Å². The number of amides is 1. The van der Waals surface area contributed by atoms with Gasteiger partial charge in [0.15, 0.2) is 0 Å². The molecule has 2 aromatic rings. The molecule has 28 heavy (non-hydrogen) atoms. The van der Waals surface area contributed by atoms with Crippen LogP contribution < -0.4 is 16.0 Å². The summed E-state index contributed by atoms with van der Waals surface area (Å²) in [6, 6.07) is 7.58. The minimum atomic E-state index is -0.522. The van der Waals surface area contributed by atoms with Crippen molar-refractivity contribution in [2.75, 3.05) is 42.1 Å². The van der Waals surface area contributed by atoms with Crippen molar-refractivity contribution < 1.29 is 13.9 Å². The van der Waals surface area contributed by atoms with Gasteiger partial charge in [-0.25, -0.2) is 9.18 Å². The summed E-state index contributed by atoms with van der Waals surface area (Å²) in [5.41, 5.74) is 6.10. The molecule has 1 aliphatic heterocycles. The molecular formula is C19H25FN6O2. The van der Waals surface area contributed by atoms with E-state index in [1.165, 1.54) is 12.1 Å². The second kappa shape index (κ2) is 7.87. The van der Waals surface area contributed by atoms with Gasteiger partial charge >= 0.3 is 6.09 Å². The molecule has 1 saturated heterocycles. The van der Waals surface area contributed by atoms with E-state index in [0.29, 0.717) is 49.5 Å². The van der Waals surface area contributed by atoms with Crippen LogP contribution in [-0.2, 0) is 4.74 Å². The zero-order chi connectivity index (χ0) is 20.3. The lowest BCUT2D eigenvalue weighted by Gasteiger charge is -2.35. The minimum Gasteiger partial charge on any atom is -0.444 e. The van der Waals surface area contributed by atoms with Gasteiger partial charge in [0.1, 0.15) is 23.1 Å². The third kappa shape index (κ3) is 5.21. The van der Waals surface area contributed by atoms with E-state index in [9.17, 15) is 9.18 Å². The Morgan fingerprint density at radius 2 is 1.79 bits per heavy atom. The largest absolute Gasteiger partial charge is 0.444 e. The van der Waals surface area contributed by atoms with E-state index in [4.69, 9.17) is 10.5 Å². The van der Waals surface area contributed by atoms with Crippen molar-refractivity contribution in [2.45, 2.75) is 26.4 Å². The van der Waals surface area contributed by atoms with Crippen molar-refractivity contribution in [1.82, 2.24) is 14.9 Å². The zero-order valence-electron chi connectivity index (χ0n) is 16.3. The molecule has 0 spiro atoms. The number of nitrogens with one attached hydrogen (secondary N) is 1. The number of carbonyl (C=O) groups is 1. The first-order valence-electron chi connectivity index (χ1n) is 9.10. The molecule has 1 aromatic carbocycles. The van der Waals surface area contributed by atoms with E-state index >= 15 is 0 Å². The molecule has 3 N–H and O–H groups in total. The Morgan fingerprint density at radius 3 is 2.39 bits per heavy atom. The molecule has 0 unspecified atom stereocenters. The monoisotopic (exact) mass is 388 g/mol.